The van der Waals surface area contributed by atoms with Crippen LogP contribution in [0.5, 0.6) is 5.75 Å². The molecule has 0 spiro atoms. The smallest absolute Gasteiger partial charge is 0.227 e. The molecule has 0 fully saturated rings. The van der Waals surface area contributed by atoms with Crippen LogP contribution < -0.4 is 15.8 Å². The zero-order valence-electron chi connectivity index (χ0n) is 12.0. The van der Waals surface area contributed by atoms with Gasteiger partial charge in [-0.2, -0.15) is 0 Å². The first kappa shape index (κ1) is 15.3. The van der Waals surface area contributed by atoms with Gasteiger partial charge in [-0.1, -0.05) is 26.7 Å². The lowest BCUT2D eigenvalue weighted by molar-refractivity contribution is -0.120. The van der Waals surface area contributed by atoms with E-state index in [1.165, 1.54) is 0 Å². The van der Waals surface area contributed by atoms with E-state index in [-0.39, 0.29) is 11.8 Å². The molecule has 0 heterocycles. The Kier molecular flexibility index (Phi) is 6.19. The van der Waals surface area contributed by atoms with Gasteiger partial charge in [-0.05, 0) is 31.0 Å². The van der Waals surface area contributed by atoms with Gasteiger partial charge < -0.3 is 15.8 Å². The van der Waals surface area contributed by atoms with Crippen molar-refractivity contribution in [2.24, 2.45) is 5.92 Å². The minimum absolute atomic E-state index is 0.0415. The molecule has 19 heavy (non-hydrogen) atoms. The SMILES string of the molecule is CCCCC(CC)C(=O)Nc1cc(N)ccc1OC. The van der Waals surface area contributed by atoms with Crippen molar-refractivity contribution in [2.75, 3.05) is 18.2 Å². The van der Waals surface area contributed by atoms with Crippen molar-refractivity contribution in [1.29, 1.82) is 0 Å². The van der Waals surface area contributed by atoms with Crippen LogP contribution in [-0.2, 0) is 4.79 Å². The number of carbonyl (C=O) groups is 1. The number of benzene rings is 1. The summed E-state index contributed by atoms with van der Waals surface area (Å²) in [6.45, 7) is 4.17. The molecular weight excluding hydrogens is 240 g/mol. The van der Waals surface area contributed by atoms with E-state index in [0.717, 1.165) is 25.7 Å². The van der Waals surface area contributed by atoms with Crippen LogP contribution in [0.25, 0.3) is 0 Å². The fraction of sp³-hybridized carbons (Fsp3) is 0.533. The monoisotopic (exact) mass is 264 g/mol. The highest BCUT2D eigenvalue weighted by molar-refractivity contribution is 5.94. The Labute approximate surface area is 115 Å². The van der Waals surface area contributed by atoms with Gasteiger partial charge in [-0.15, -0.1) is 0 Å². The Morgan fingerprint density at radius 1 is 1.42 bits per heavy atom. The number of methoxy groups -OCH3 is 1. The van der Waals surface area contributed by atoms with Crippen LogP contribution in [0.15, 0.2) is 18.2 Å². The maximum atomic E-state index is 12.2. The molecule has 4 heteroatoms. The molecule has 1 unspecified atom stereocenters. The third-order valence-electron chi connectivity index (χ3n) is 3.25. The van der Waals surface area contributed by atoms with E-state index in [4.69, 9.17) is 10.5 Å². The normalized spacial score (nSPS) is 11.9. The highest BCUT2D eigenvalue weighted by atomic mass is 16.5. The molecule has 1 atom stereocenters. The second kappa shape index (κ2) is 7.67. The number of ether oxygens (including phenoxy) is 1. The number of hydrogen-bond acceptors (Lipinski definition) is 3. The molecule has 0 saturated carbocycles. The molecule has 3 N–H and O–H groups in total. The molecule has 0 aliphatic rings. The molecule has 0 radical (unpaired) electrons. The lowest BCUT2D eigenvalue weighted by Gasteiger charge is -2.16. The summed E-state index contributed by atoms with van der Waals surface area (Å²) in [4.78, 5) is 12.2. The van der Waals surface area contributed by atoms with E-state index in [1.54, 1.807) is 25.3 Å². The van der Waals surface area contributed by atoms with Crippen LogP contribution in [0, 0.1) is 5.92 Å². The van der Waals surface area contributed by atoms with Crippen LogP contribution in [0.1, 0.15) is 39.5 Å². The van der Waals surface area contributed by atoms with Crippen LogP contribution in [0.3, 0.4) is 0 Å². The van der Waals surface area contributed by atoms with Crippen molar-refractivity contribution in [3.63, 3.8) is 0 Å². The van der Waals surface area contributed by atoms with Gasteiger partial charge in [0.2, 0.25) is 5.91 Å². The predicted octanol–water partition coefficient (Wildman–Crippen LogP) is 3.43. The van der Waals surface area contributed by atoms with E-state index in [0.29, 0.717) is 17.1 Å². The first-order valence-electron chi connectivity index (χ1n) is 6.86. The number of rotatable bonds is 7. The van der Waals surface area contributed by atoms with Gasteiger partial charge in [0.1, 0.15) is 5.75 Å². The van der Waals surface area contributed by atoms with E-state index in [9.17, 15) is 4.79 Å². The standard InChI is InChI=1S/C15H24N2O2/c1-4-6-7-11(5-2)15(18)17-13-10-12(16)8-9-14(13)19-3/h8-11H,4-7,16H2,1-3H3,(H,17,18). The number of nitrogens with two attached hydrogens (primary N) is 1. The third-order valence-corrected chi connectivity index (χ3v) is 3.25. The van der Waals surface area contributed by atoms with Crippen molar-refractivity contribution in [3.05, 3.63) is 18.2 Å². The second-order valence-corrected chi connectivity index (χ2v) is 4.70. The van der Waals surface area contributed by atoms with Crippen LogP contribution in [-0.4, -0.2) is 13.0 Å². The summed E-state index contributed by atoms with van der Waals surface area (Å²) in [5.41, 5.74) is 6.99. The molecule has 1 rings (SSSR count). The average molecular weight is 264 g/mol. The maximum absolute atomic E-state index is 12.2. The Bertz CT molecular complexity index is 419. The number of hydrogen-bond donors (Lipinski definition) is 2. The lowest BCUT2D eigenvalue weighted by Crippen LogP contribution is -2.22. The molecular formula is C15H24N2O2. The lowest BCUT2D eigenvalue weighted by atomic mass is 9.98. The van der Waals surface area contributed by atoms with Gasteiger partial charge in [0.05, 0.1) is 12.8 Å². The summed E-state index contributed by atoms with van der Waals surface area (Å²) in [6, 6.07) is 5.24. The predicted molar refractivity (Wildman–Crippen MR) is 79.3 cm³/mol. The number of unbranched alkanes of at least 4 members (excludes halogenated alkanes) is 1. The molecule has 4 nitrogen and oxygen atoms in total. The van der Waals surface area contributed by atoms with E-state index in [1.807, 2.05) is 6.92 Å². The summed E-state index contributed by atoms with van der Waals surface area (Å²) in [7, 11) is 1.58. The van der Waals surface area contributed by atoms with Gasteiger partial charge in [0.25, 0.3) is 0 Å². The number of nitrogens with one attached hydrogen (secondary N) is 1. The van der Waals surface area contributed by atoms with E-state index < -0.39 is 0 Å². The average Bonchev–Trinajstić information content (AvgIpc) is 2.40. The number of carbonyl (C=O) groups excluding carboxylic acids is 1. The third kappa shape index (κ3) is 4.47. The Hall–Kier alpha value is -1.71. The van der Waals surface area contributed by atoms with Crippen LogP contribution in [0.4, 0.5) is 11.4 Å². The minimum atomic E-state index is 0.0415. The molecule has 0 bridgehead atoms. The number of amides is 1. The molecule has 1 aromatic rings. The quantitative estimate of drug-likeness (QED) is 0.741. The second-order valence-electron chi connectivity index (χ2n) is 4.70. The highest BCUT2D eigenvalue weighted by Gasteiger charge is 2.17. The Morgan fingerprint density at radius 3 is 2.74 bits per heavy atom. The molecule has 0 aliphatic heterocycles. The van der Waals surface area contributed by atoms with Crippen LogP contribution >= 0.6 is 0 Å². The molecule has 106 valence electrons. The van der Waals surface area contributed by atoms with E-state index in [2.05, 4.69) is 12.2 Å². The van der Waals surface area contributed by atoms with Gasteiger partial charge in [0, 0.05) is 11.6 Å². The fourth-order valence-electron chi connectivity index (χ4n) is 2.03. The Balaban J connectivity index is 2.77. The maximum Gasteiger partial charge on any atom is 0.227 e. The number of anilines is 2. The first-order valence-corrected chi connectivity index (χ1v) is 6.86. The topological polar surface area (TPSA) is 64.4 Å². The number of nitrogen functional groups attached to an aromatic ring is 1. The molecule has 0 aromatic heterocycles. The van der Waals surface area contributed by atoms with Crippen molar-refractivity contribution in [1.82, 2.24) is 0 Å². The Morgan fingerprint density at radius 2 is 2.16 bits per heavy atom. The van der Waals surface area contributed by atoms with Gasteiger partial charge in [0.15, 0.2) is 0 Å². The summed E-state index contributed by atoms with van der Waals surface area (Å²) >= 11 is 0. The molecule has 0 saturated heterocycles. The van der Waals surface area contributed by atoms with Crippen molar-refractivity contribution in [3.8, 4) is 5.75 Å². The zero-order chi connectivity index (χ0) is 14.3. The fourth-order valence-corrected chi connectivity index (χ4v) is 2.03. The van der Waals surface area contributed by atoms with Crippen molar-refractivity contribution < 1.29 is 9.53 Å². The van der Waals surface area contributed by atoms with Crippen LogP contribution in [0.2, 0.25) is 0 Å². The van der Waals surface area contributed by atoms with Crippen molar-refractivity contribution in [2.45, 2.75) is 39.5 Å². The summed E-state index contributed by atoms with van der Waals surface area (Å²) in [5, 5.41) is 2.92. The van der Waals surface area contributed by atoms with Gasteiger partial charge in [-0.25, -0.2) is 0 Å². The van der Waals surface area contributed by atoms with Gasteiger partial charge in [-0.3, -0.25) is 4.79 Å². The molecule has 1 amide bonds. The minimum Gasteiger partial charge on any atom is -0.495 e. The zero-order valence-corrected chi connectivity index (χ0v) is 12.0. The summed E-state index contributed by atoms with van der Waals surface area (Å²) < 4.78 is 5.23. The summed E-state index contributed by atoms with van der Waals surface area (Å²) in [5.74, 6) is 0.721. The highest BCUT2D eigenvalue weighted by Crippen LogP contribution is 2.27. The van der Waals surface area contributed by atoms with Gasteiger partial charge >= 0.3 is 0 Å². The largest absolute Gasteiger partial charge is 0.495 e. The summed E-state index contributed by atoms with van der Waals surface area (Å²) in [6.07, 6.45) is 3.94. The first-order chi connectivity index (χ1) is 9.12. The molecule has 1 aromatic carbocycles. The van der Waals surface area contributed by atoms with E-state index >= 15 is 0 Å². The van der Waals surface area contributed by atoms with Crippen molar-refractivity contribution >= 4 is 17.3 Å². The molecule has 0 aliphatic carbocycles.